The molecule has 1 atom stereocenters. The van der Waals surface area contributed by atoms with Gasteiger partial charge in [-0.25, -0.2) is 4.79 Å². The summed E-state index contributed by atoms with van der Waals surface area (Å²) in [5.41, 5.74) is 2.63. The van der Waals surface area contributed by atoms with Crippen LogP contribution in [0.1, 0.15) is 49.2 Å². The molecule has 3 heteroatoms. The van der Waals surface area contributed by atoms with Gasteiger partial charge in [0.05, 0.1) is 5.56 Å². The van der Waals surface area contributed by atoms with Gasteiger partial charge in [-0.05, 0) is 44.4 Å². The minimum Gasteiger partial charge on any atom is -0.443 e. The summed E-state index contributed by atoms with van der Waals surface area (Å²) < 4.78 is 5.39. The van der Waals surface area contributed by atoms with Crippen molar-refractivity contribution in [1.82, 2.24) is 5.32 Å². The molecular weight excluding hydrogens is 238 g/mol. The maximum Gasteiger partial charge on any atom is 0.339 e. The molecule has 1 N–H and O–H groups in total. The zero-order valence-corrected chi connectivity index (χ0v) is 12.2. The number of nitrogens with one attached hydrogen (secondary N) is 1. The van der Waals surface area contributed by atoms with Crippen molar-refractivity contribution in [3.63, 3.8) is 0 Å². The Morgan fingerprint density at radius 3 is 2.63 bits per heavy atom. The Morgan fingerprint density at radius 2 is 2.11 bits per heavy atom. The minimum atomic E-state index is -0.295. The number of rotatable bonds is 6. The van der Waals surface area contributed by atoms with Crippen molar-refractivity contribution < 1.29 is 9.53 Å². The van der Waals surface area contributed by atoms with Crippen molar-refractivity contribution in [3.8, 4) is 0 Å². The molecule has 0 saturated carbocycles. The average Bonchev–Trinajstić information content (AvgIpc) is 2.36. The third-order valence-corrected chi connectivity index (χ3v) is 2.82. The van der Waals surface area contributed by atoms with E-state index in [-0.39, 0.29) is 18.2 Å². The zero-order valence-electron chi connectivity index (χ0n) is 12.2. The van der Waals surface area contributed by atoms with Gasteiger partial charge in [-0.1, -0.05) is 31.7 Å². The summed E-state index contributed by atoms with van der Waals surface area (Å²) in [5, 5.41) is 3.14. The van der Waals surface area contributed by atoms with Crippen LogP contribution >= 0.6 is 0 Å². The molecule has 0 heterocycles. The second kappa shape index (κ2) is 7.10. The number of hydrogen-bond acceptors (Lipinski definition) is 3. The Kier molecular flexibility index (Phi) is 5.77. The number of carbonyl (C=O) groups is 1. The standard InChI is InChI=1S/C16H23NO2/c1-6-13-8-9-15(14(7-2)10-13)16(18)19-12(5)17-11(3)4/h6,8-12,17H,1,7H2,2-5H3. The maximum absolute atomic E-state index is 12.1. The summed E-state index contributed by atoms with van der Waals surface area (Å²) in [4.78, 5) is 12.1. The normalized spacial score (nSPS) is 12.3. The van der Waals surface area contributed by atoms with Crippen LogP contribution in [0.5, 0.6) is 0 Å². The van der Waals surface area contributed by atoms with Crippen molar-refractivity contribution in [3.05, 3.63) is 41.5 Å². The molecule has 1 aromatic rings. The van der Waals surface area contributed by atoms with Crippen molar-refractivity contribution in [2.75, 3.05) is 0 Å². The van der Waals surface area contributed by atoms with E-state index in [1.807, 2.05) is 39.8 Å². The fraction of sp³-hybridized carbons (Fsp3) is 0.438. The third-order valence-electron chi connectivity index (χ3n) is 2.82. The summed E-state index contributed by atoms with van der Waals surface area (Å²) in [5.74, 6) is -0.284. The van der Waals surface area contributed by atoms with Crippen LogP contribution in [-0.4, -0.2) is 18.2 Å². The lowest BCUT2D eigenvalue weighted by atomic mass is 10.0. The Balaban J connectivity index is 2.84. The number of aryl methyl sites for hydroxylation is 1. The average molecular weight is 261 g/mol. The quantitative estimate of drug-likeness (QED) is 0.630. The summed E-state index contributed by atoms with van der Waals surface area (Å²) in [6.07, 6.45) is 2.27. The van der Waals surface area contributed by atoms with Gasteiger partial charge in [-0.2, -0.15) is 0 Å². The number of ether oxygens (including phenoxy) is 1. The highest BCUT2D eigenvalue weighted by Gasteiger charge is 2.15. The number of carbonyl (C=O) groups excluding carboxylic acids is 1. The summed E-state index contributed by atoms with van der Waals surface area (Å²) >= 11 is 0. The Morgan fingerprint density at radius 1 is 1.42 bits per heavy atom. The fourth-order valence-corrected chi connectivity index (χ4v) is 1.96. The largest absolute Gasteiger partial charge is 0.443 e. The molecule has 0 amide bonds. The van der Waals surface area contributed by atoms with Crippen molar-refractivity contribution >= 4 is 12.0 Å². The van der Waals surface area contributed by atoms with E-state index in [2.05, 4.69) is 11.9 Å². The van der Waals surface area contributed by atoms with Gasteiger partial charge in [0.1, 0.15) is 0 Å². The van der Waals surface area contributed by atoms with Crippen LogP contribution in [0.2, 0.25) is 0 Å². The van der Waals surface area contributed by atoms with E-state index in [1.165, 1.54) is 0 Å². The first-order chi connectivity index (χ1) is 8.97. The second-order valence-electron chi connectivity index (χ2n) is 4.84. The fourth-order valence-electron chi connectivity index (χ4n) is 1.96. The summed E-state index contributed by atoms with van der Waals surface area (Å²) in [7, 11) is 0. The third kappa shape index (κ3) is 4.52. The van der Waals surface area contributed by atoms with E-state index < -0.39 is 0 Å². The van der Waals surface area contributed by atoms with E-state index in [0.29, 0.717) is 5.56 Å². The van der Waals surface area contributed by atoms with Gasteiger partial charge >= 0.3 is 5.97 Å². The topological polar surface area (TPSA) is 38.3 Å². The second-order valence-corrected chi connectivity index (χ2v) is 4.84. The lowest BCUT2D eigenvalue weighted by molar-refractivity contribution is 0.0245. The SMILES string of the molecule is C=Cc1ccc(C(=O)OC(C)NC(C)C)c(CC)c1. The van der Waals surface area contributed by atoms with Crippen LogP contribution < -0.4 is 5.32 Å². The van der Waals surface area contributed by atoms with Crippen molar-refractivity contribution in [1.29, 1.82) is 0 Å². The molecule has 0 bridgehead atoms. The van der Waals surface area contributed by atoms with Crippen LogP contribution in [-0.2, 0) is 11.2 Å². The first kappa shape index (κ1) is 15.4. The molecule has 0 spiro atoms. The summed E-state index contributed by atoms with van der Waals surface area (Å²) in [6, 6.07) is 5.94. The zero-order chi connectivity index (χ0) is 14.4. The van der Waals surface area contributed by atoms with Gasteiger partial charge in [0, 0.05) is 6.04 Å². The molecule has 104 valence electrons. The van der Waals surface area contributed by atoms with Gasteiger partial charge in [0.25, 0.3) is 0 Å². The predicted molar refractivity (Wildman–Crippen MR) is 79.1 cm³/mol. The number of hydrogen-bond donors (Lipinski definition) is 1. The van der Waals surface area contributed by atoms with Crippen LogP contribution in [0.3, 0.4) is 0 Å². The first-order valence-electron chi connectivity index (χ1n) is 6.70. The van der Waals surface area contributed by atoms with Crippen LogP contribution in [0.15, 0.2) is 24.8 Å². The Bertz CT molecular complexity index is 452. The minimum absolute atomic E-state index is 0.275. The molecule has 0 aromatic heterocycles. The lowest BCUT2D eigenvalue weighted by Crippen LogP contribution is -2.36. The van der Waals surface area contributed by atoms with Gasteiger partial charge in [0.2, 0.25) is 0 Å². The molecule has 1 unspecified atom stereocenters. The van der Waals surface area contributed by atoms with Gasteiger partial charge < -0.3 is 4.74 Å². The molecular formula is C16H23NO2. The number of benzene rings is 1. The van der Waals surface area contributed by atoms with Gasteiger partial charge in [-0.15, -0.1) is 0 Å². The van der Waals surface area contributed by atoms with E-state index in [4.69, 9.17) is 4.74 Å². The molecule has 1 rings (SSSR count). The molecule has 0 aliphatic carbocycles. The number of esters is 1. The highest BCUT2D eigenvalue weighted by Crippen LogP contribution is 2.15. The van der Waals surface area contributed by atoms with E-state index >= 15 is 0 Å². The van der Waals surface area contributed by atoms with E-state index in [1.54, 1.807) is 12.1 Å². The smallest absolute Gasteiger partial charge is 0.339 e. The Hall–Kier alpha value is -1.61. The molecule has 0 aliphatic rings. The van der Waals surface area contributed by atoms with Gasteiger partial charge in [0.15, 0.2) is 6.23 Å². The van der Waals surface area contributed by atoms with Crippen molar-refractivity contribution in [2.24, 2.45) is 0 Å². The van der Waals surface area contributed by atoms with E-state index in [9.17, 15) is 4.79 Å². The molecule has 0 fully saturated rings. The molecule has 0 saturated heterocycles. The highest BCUT2D eigenvalue weighted by atomic mass is 16.6. The van der Waals surface area contributed by atoms with Crippen LogP contribution in [0, 0.1) is 0 Å². The Labute approximate surface area is 115 Å². The molecule has 0 aliphatic heterocycles. The van der Waals surface area contributed by atoms with Gasteiger partial charge in [-0.3, -0.25) is 5.32 Å². The molecule has 3 nitrogen and oxygen atoms in total. The molecule has 1 aromatic carbocycles. The maximum atomic E-state index is 12.1. The molecule has 0 radical (unpaired) electrons. The predicted octanol–water partition coefficient (Wildman–Crippen LogP) is 3.39. The first-order valence-corrected chi connectivity index (χ1v) is 6.70. The highest BCUT2D eigenvalue weighted by molar-refractivity contribution is 5.91. The lowest BCUT2D eigenvalue weighted by Gasteiger charge is -2.18. The van der Waals surface area contributed by atoms with Crippen LogP contribution in [0.4, 0.5) is 0 Å². The summed E-state index contributed by atoms with van der Waals surface area (Å²) in [6.45, 7) is 11.6. The van der Waals surface area contributed by atoms with Crippen LogP contribution in [0.25, 0.3) is 6.08 Å². The van der Waals surface area contributed by atoms with Crippen molar-refractivity contribution in [2.45, 2.75) is 46.4 Å². The monoisotopic (exact) mass is 261 g/mol. The molecule has 19 heavy (non-hydrogen) atoms. The van der Waals surface area contributed by atoms with E-state index in [0.717, 1.165) is 17.5 Å².